The van der Waals surface area contributed by atoms with Crippen molar-refractivity contribution >= 4 is 33.4 Å². The maximum atomic E-state index is 12.7. The highest BCUT2D eigenvalue weighted by atomic mass is 79.9. The van der Waals surface area contributed by atoms with Crippen molar-refractivity contribution in [1.82, 2.24) is 0 Å². The first-order valence-electron chi connectivity index (χ1n) is 8.37. The number of esters is 1. The van der Waals surface area contributed by atoms with Gasteiger partial charge in [-0.1, -0.05) is 40.7 Å². The molecule has 4 nitrogen and oxygen atoms in total. The Morgan fingerprint density at radius 2 is 2.24 bits per heavy atom. The van der Waals surface area contributed by atoms with Crippen molar-refractivity contribution in [1.29, 1.82) is 0 Å². The first-order valence-corrected chi connectivity index (χ1v) is 9.16. The lowest BCUT2D eigenvalue weighted by molar-refractivity contribution is -0.145. The van der Waals surface area contributed by atoms with E-state index in [9.17, 15) is 9.59 Å². The monoisotopic (exact) mass is 401 g/mol. The largest absolute Gasteiger partial charge is 0.461 e. The van der Waals surface area contributed by atoms with Crippen molar-refractivity contribution in [3.05, 3.63) is 58.2 Å². The number of hydrogen-bond donors (Lipinski definition) is 0. The highest BCUT2D eigenvalue weighted by Crippen LogP contribution is 2.43. The minimum atomic E-state index is -0.588. The van der Waals surface area contributed by atoms with Crippen molar-refractivity contribution < 1.29 is 14.3 Å². The third-order valence-corrected chi connectivity index (χ3v) is 5.13. The van der Waals surface area contributed by atoms with E-state index in [1.165, 1.54) is 6.08 Å². The van der Waals surface area contributed by atoms with Crippen molar-refractivity contribution in [2.24, 2.45) is 10.9 Å². The molecule has 0 aromatic heterocycles. The molecule has 2 atom stereocenters. The fourth-order valence-corrected chi connectivity index (χ4v) is 4.02. The molecule has 0 spiro atoms. The van der Waals surface area contributed by atoms with Crippen molar-refractivity contribution in [3.63, 3.8) is 0 Å². The molecule has 1 aliphatic heterocycles. The summed E-state index contributed by atoms with van der Waals surface area (Å²) in [5.74, 6) is -1.22. The van der Waals surface area contributed by atoms with Gasteiger partial charge in [-0.15, -0.1) is 0 Å². The van der Waals surface area contributed by atoms with Gasteiger partial charge in [-0.3, -0.25) is 14.6 Å². The van der Waals surface area contributed by atoms with Gasteiger partial charge in [-0.25, -0.2) is 0 Å². The molecule has 0 saturated carbocycles. The van der Waals surface area contributed by atoms with Crippen molar-refractivity contribution in [3.8, 4) is 0 Å². The Morgan fingerprint density at radius 3 is 2.96 bits per heavy atom. The van der Waals surface area contributed by atoms with Crippen LogP contribution >= 0.6 is 15.9 Å². The van der Waals surface area contributed by atoms with Crippen LogP contribution in [0.1, 0.15) is 37.7 Å². The first-order chi connectivity index (χ1) is 12.0. The van der Waals surface area contributed by atoms with Gasteiger partial charge in [-0.2, -0.15) is 0 Å². The van der Waals surface area contributed by atoms with E-state index in [1.54, 1.807) is 0 Å². The van der Waals surface area contributed by atoms with E-state index in [1.807, 2.05) is 31.2 Å². The molecule has 1 aromatic rings. The van der Waals surface area contributed by atoms with Crippen molar-refractivity contribution in [2.75, 3.05) is 6.61 Å². The van der Waals surface area contributed by atoms with Crippen LogP contribution in [0.15, 0.2) is 57.7 Å². The predicted molar refractivity (Wildman–Crippen MR) is 101 cm³/mol. The number of aliphatic imine (C=N–C) groups is 1. The molecule has 0 bridgehead atoms. The zero-order valence-corrected chi connectivity index (χ0v) is 15.7. The number of carbonyl (C=O) groups excluding carboxylic acids is 2. The number of allylic oxidation sites excluding steroid dienone is 2. The van der Waals surface area contributed by atoms with Gasteiger partial charge < -0.3 is 4.74 Å². The predicted octanol–water partition coefficient (Wildman–Crippen LogP) is 4.36. The molecule has 130 valence electrons. The number of ether oxygens (including phenoxy) is 1. The van der Waals surface area contributed by atoms with E-state index >= 15 is 0 Å². The molecule has 3 rings (SSSR count). The molecule has 1 aliphatic carbocycles. The van der Waals surface area contributed by atoms with Crippen LogP contribution in [-0.2, 0) is 14.3 Å². The van der Waals surface area contributed by atoms with Gasteiger partial charge in [0.05, 0.1) is 0 Å². The summed E-state index contributed by atoms with van der Waals surface area (Å²) in [6.07, 6.45) is 3.63. The van der Waals surface area contributed by atoms with Crippen molar-refractivity contribution in [2.45, 2.75) is 32.1 Å². The molecule has 0 saturated heterocycles. The standard InChI is InChI=1S/C20H20BrNO3/c1-3-10-25-20(24)17-12(2)22-15-8-5-9-16(23)19(15)18(17)13-6-4-7-14(21)11-13/h3-4,6-7,11,17-18H,1,5,8-10H2,2H3/t17?,18-/m0/s1. The zero-order chi connectivity index (χ0) is 18.0. The SMILES string of the molecule is C=CCOC(=O)C1C(C)=NC2=C(C(=O)CCC2)[C@H]1c1cccc(Br)c1. The second-order valence-corrected chi connectivity index (χ2v) is 7.24. The molecule has 0 radical (unpaired) electrons. The molecule has 1 unspecified atom stereocenters. The Morgan fingerprint density at radius 1 is 1.44 bits per heavy atom. The average molecular weight is 402 g/mol. The fraction of sp³-hybridized carbons (Fsp3) is 0.350. The van der Waals surface area contributed by atoms with Gasteiger partial charge in [0.1, 0.15) is 12.5 Å². The topological polar surface area (TPSA) is 55.7 Å². The Kier molecular flexibility index (Phi) is 5.33. The summed E-state index contributed by atoms with van der Waals surface area (Å²) in [5.41, 5.74) is 3.13. The average Bonchev–Trinajstić information content (AvgIpc) is 2.58. The summed E-state index contributed by atoms with van der Waals surface area (Å²) >= 11 is 3.49. The van der Waals surface area contributed by atoms with Gasteiger partial charge in [-0.05, 0) is 37.5 Å². The van der Waals surface area contributed by atoms with Crippen LogP contribution in [0.2, 0.25) is 0 Å². The Labute approximate surface area is 155 Å². The van der Waals surface area contributed by atoms with Gasteiger partial charge in [0.25, 0.3) is 0 Å². The van der Waals surface area contributed by atoms with Crippen LogP contribution in [0, 0.1) is 5.92 Å². The summed E-state index contributed by atoms with van der Waals surface area (Å²) in [7, 11) is 0. The lowest BCUT2D eigenvalue weighted by atomic mass is 9.72. The molecule has 1 heterocycles. The molecule has 2 aliphatic rings. The summed E-state index contributed by atoms with van der Waals surface area (Å²) in [5, 5.41) is 0. The van der Waals surface area contributed by atoms with Crippen LogP contribution in [0.5, 0.6) is 0 Å². The lowest BCUT2D eigenvalue weighted by Gasteiger charge is -2.34. The smallest absolute Gasteiger partial charge is 0.315 e. The normalized spacial score (nSPS) is 23.0. The fourth-order valence-electron chi connectivity index (χ4n) is 3.60. The molecule has 0 amide bonds. The number of hydrogen-bond acceptors (Lipinski definition) is 4. The molecular weight excluding hydrogens is 382 g/mol. The summed E-state index contributed by atoms with van der Waals surface area (Å²) < 4.78 is 6.23. The number of rotatable bonds is 4. The second-order valence-electron chi connectivity index (χ2n) is 6.32. The van der Waals surface area contributed by atoms with Gasteiger partial charge in [0.15, 0.2) is 5.78 Å². The van der Waals surface area contributed by atoms with E-state index in [4.69, 9.17) is 4.74 Å². The number of ketones is 1. The summed E-state index contributed by atoms with van der Waals surface area (Å²) in [6.45, 7) is 5.57. The highest BCUT2D eigenvalue weighted by molar-refractivity contribution is 9.10. The van der Waals surface area contributed by atoms with E-state index in [2.05, 4.69) is 27.5 Å². The Bertz CT molecular complexity index is 794. The van der Waals surface area contributed by atoms with E-state index in [-0.39, 0.29) is 24.3 Å². The van der Waals surface area contributed by atoms with Gasteiger partial charge >= 0.3 is 5.97 Å². The van der Waals surface area contributed by atoms with E-state index < -0.39 is 5.92 Å². The molecular formula is C20H20BrNO3. The molecule has 0 fully saturated rings. The maximum Gasteiger partial charge on any atom is 0.315 e. The van der Waals surface area contributed by atoms with Gasteiger partial charge in [0.2, 0.25) is 0 Å². The third-order valence-electron chi connectivity index (χ3n) is 4.64. The highest BCUT2D eigenvalue weighted by Gasteiger charge is 2.43. The van der Waals surface area contributed by atoms with Gasteiger partial charge in [0, 0.05) is 33.8 Å². The van der Waals surface area contributed by atoms with Crippen LogP contribution < -0.4 is 0 Å². The second kappa shape index (κ2) is 7.48. The summed E-state index contributed by atoms with van der Waals surface area (Å²) in [4.78, 5) is 30.0. The number of nitrogens with zero attached hydrogens (tertiary/aromatic N) is 1. The third kappa shape index (κ3) is 3.52. The molecule has 25 heavy (non-hydrogen) atoms. The molecule has 5 heteroatoms. The number of Topliss-reactive ketones (excluding diaryl/α,β-unsaturated/α-hetero) is 1. The number of benzene rings is 1. The number of halogens is 1. The molecule has 0 N–H and O–H groups in total. The maximum absolute atomic E-state index is 12.7. The first kappa shape index (κ1) is 17.8. The Hall–Kier alpha value is -2.01. The lowest BCUT2D eigenvalue weighted by Crippen LogP contribution is -2.37. The van der Waals surface area contributed by atoms with E-state index in [0.717, 1.165) is 28.6 Å². The minimum absolute atomic E-state index is 0.0870. The quantitative estimate of drug-likeness (QED) is 0.556. The molecule has 1 aromatic carbocycles. The van der Waals surface area contributed by atoms with Crippen LogP contribution in [0.25, 0.3) is 0 Å². The zero-order valence-electron chi connectivity index (χ0n) is 14.1. The summed E-state index contributed by atoms with van der Waals surface area (Å²) in [6, 6.07) is 7.76. The minimum Gasteiger partial charge on any atom is -0.461 e. The van der Waals surface area contributed by atoms with E-state index in [0.29, 0.717) is 17.7 Å². The van der Waals surface area contributed by atoms with Crippen LogP contribution in [0.3, 0.4) is 0 Å². The number of carbonyl (C=O) groups is 2. The van der Waals surface area contributed by atoms with Crippen LogP contribution in [-0.4, -0.2) is 24.1 Å². The Balaban J connectivity index is 2.12. The van der Waals surface area contributed by atoms with Crippen LogP contribution in [0.4, 0.5) is 0 Å².